The smallest absolute Gasteiger partial charge is 0.247 e. The SMILES string of the molecule is CN(C)c1ccc([C@@H](C(=O)NC2CCCCC2)N(Cc2cccnc2)C(=O)Cc2c[nH]c3ccccc23)cc1. The zero-order valence-corrected chi connectivity index (χ0v) is 22.8. The van der Waals surface area contributed by atoms with Gasteiger partial charge in [-0.3, -0.25) is 14.6 Å². The Labute approximate surface area is 230 Å². The first-order chi connectivity index (χ1) is 19.0. The average molecular weight is 524 g/mol. The number of nitrogens with zero attached hydrogens (tertiary/aromatic N) is 3. The molecule has 0 unspecified atom stereocenters. The van der Waals surface area contributed by atoms with E-state index < -0.39 is 6.04 Å². The third kappa shape index (κ3) is 6.30. The van der Waals surface area contributed by atoms with Gasteiger partial charge in [0.15, 0.2) is 0 Å². The van der Waals surface area contributed by atoms with E-state index in [0.29, 0.717) is 0 Å². The molecule has 5 rings (SSSR count). The van der Waals surface area contributed by atoms with Gasteiger partial charge in [-0.05, 0) is 53.8 Å². The molecule has 7 heteroatoms. The number of pyridine rings is 1. The number of H-pyrrole nitrogens is 1. The number of hydrogen-bond acceptors (Lipinski definition) is 4. The van der Waals surface area contributed by atoms with E-state index in [1.807, 2.05) is 85.9 Å². The van der Waals surface area contributed by atoms with Crippen molar-refractivity contribution in [2.45, 2.75) is 57.2 Å². The monoisotopic (exact) mass is 523 g/mol. The van der Waals surface area contributed by atoms with Crippen LogP contribution in [0.4, 0.5) is 5.69 Å². The van der Waals surface area contributed by atoms with Crippen molar-refractivity contribution in [3.05, 3.63) is 95.9 Å². The number of rotatable bonds is 9. The van der Waals surface area contributed by atoms with Crippen molar-refractivity contribution in [2.24, 2.45) is 0 Å². The van der Waals surface area contributed by atoms with E-state index in [9.17, 15) is 9.59 Å². The molecule has 1 aliphatic carbocycles. The number of para-hydroxylation sites is 1. The summed E-state index contributed by atoms with van der Waals surface area (Å²) in [4.78, 5) is 39.5. The van der Waals surface area contributed by atoms with Gasteiger partial charge in [0.25, 0.3) is 0 Å². The van der Waals surface area contributed by atoms with Crippen molar-refractivity contribution in [1.82, 2.24) is 20.2 Å². The van der Waals surface area contributed by atoms with Crippen LogP contribution in [-0.4, -0.2) is 46.8 Å². The van der Waals surface area contributed by atoms with Crippen molar-refractivity contribution in [3.63, 3.8) is 0 Å². The third-order valence-electron chi connectivity index (χ3n) is 7.65. The molecule has 4 aromatic rings. The highest BCUT2D eigenvalue weighted by Gasteiger charge is 2.33. The van der Waals surface area contributed by atoms with Gasteiger partial charge in [-0.1, -0.05) is 55.7 Å². The van der Waals surface area contributed by atoms with E-state index in [1.54, 1.807) is 17.3 Å². The standard InChI is InChI=1S/C32H37N5O2/c1-36(2)27-16-14-24(15-17-27)31(32(39)35-26-10-4-3-5-11-26)37(22-23-9-8-18-33-20-23)30(38)19-25-21-34-29-13-7-6-12-28(25)29/h6-9,12-18,20-21,26,31,34H,3-5,10-11,19,22H2,1-2H3,(H,35,39)/t31-/m0/s1. The van der Waals surface area contributed by atoms with Crippen LogP contribution in [-0.2, 0) is 22.6 Å². The van der Waals surface area contributed by atoms with Crippen LogP contribution >= 0.6 is 0 Å². The highest BCUT2D eigenvalue weighted by Crippen LogP contribution is 2.29. The second kappa shape index (κ2) is 12.2. The number of fused-ring (bicyclic) bond motifs is 1. The summed E-state index contributed by atoms with van der Waals surface area (Å²) in [7, 11) is 3.98. The first kappa shape index (κ1) is 26.5. The molecular weight excluding hydrogens is 486 g/mol. The minimum Gasteiger partial charge on any atom is -0.378 e. The van der Waals surface area contributed by atoms with Gasteiger partial charge in [-0.25, -0.2) is 0 Å². The fraction of sp³-hybridized carbons (Fsp3) is 0.344. The number of hydrogen-bond donors (Lipinski definition) is 2. The molecule has 0 bridgehead atoms. The van der Waals surface area contributed by atoms with Gasteiger partial charge in [0.2, 0.25) is 11.8 Å². The van der Waals surface area contributed by atoms with E-state index in [-0.39, 0.29) is 30.8 Å². The number of anilines is 1. The Morgan fingerprint density at radius 3 is 2.49 bits per heavy atom. The number of amides is 2. The molecule has 1 aliphatic rings. The predicted molar refractivity (Wildman–Crippen MR) is 155 cm³/mol. The molecule has 0 aliphatic heterocycles. The minimum absolute atomic E-state index is 0.107. The molecule has 2 amide bonds. The van der Waals surface area contributed by atoms with E-state index in [1.165, 1.54) is 6.42 Å². The summed E-state index contributed by atoms with van der Waals surface area (Å²) in [6.45, 7) is 0.285. The Balaban J connectivity index is 1.52. The molecule has 2 N–H and O–H groups in total. The highest BCUT2D eigenvalue weighted by molar-refractivity contribution is 5.92. The highest BCUT2D eigenvalue weighted by atomic mass is 16.2. The summed E-state index contributed by atoms with van der Waals surface area (Å²) in [6.07, 6.45) is 11.0. The van der Waals surface area contributed by atoms with Crippen molar-refractivity contribution in [2.75, 3.05) is 19.0 Å². The van der Waals surface area contributed by atoms with Crippen molar-refractivity contribution >= 4 is 28.4 Å². The Kier molecular flexibility index (Phi) is 8.25. The molecule has 7 nitrogen and oxygen atoms in total. The van der Waals surface area contributed by atoms with Gasteiger partial charge in [0.05, 0.1) is 6.42 Å². The number of carbonyl (C=O) groups is 2. The normalized spacial score (nSPS) is 14.6. The Bertz CT molecular complexity index is 1390. The number of aromatic amines is 1. The maximum atomic E-state index is 14.1. The van der Waals surface area contributed by atoms with Crippen molar-refractivity contribution < 1.29 is 9.59 Å². The average Bonchev–Trinajstić information content (AvgIpc) is 3.36. The molecule has 1 fully saturated rings. The summed E-state index contributed by atoms with van der Waals surface area (Å²) >= 11 is 0. The Morgan fingerprint density at radius 1 is 1.00 bits per heavy atom. The molecule has 0 radical (unpaired) electrons. The van der Waals surface area contributed by atoms with Crippen LogP contribution in [0.3, 0.4) is 0 Å². The van der Waals surface area contributed by atoms with Gasteiger partial charge in [0, 0.05) is 61.9 Å². The largest absolute Gasteiger partial charge is 0.378 e. The van der Waals surface area contributed by atoms with Crippen LogP contribution in [0, 0.1) is 0 Å². The zero-order chi connectivity index (χ0) is 27.2. The molecular formula is C32H37N5O2. The quantitative estimate of drug-likeness (QED) is 0.308. The maximum absolute atomic E-state index is 14.1. The van der Waals surface area contributed by atoms with Crippen LogP contribution in [0.2, 0.25) is 0 Å². The third-order valence-corrected chi connectivity index (χ3v) is 7.65. The molecule has 1 atom stereocenters. The molecule has 0 saturated heterocycles. The van der Waals surface area contributed by atoms with Crippen LogP contribution in [0.5, 0.6) is 0 Å². The first-order valence-electron chi connectivity index (χ1n) is 13.8. The molecule has 2 aromatic carbocycles. The zero-order valence-electron chi connectivity index (χ0n) is 22.8. The molecule has 2 heterocycles. The maximum Gasteiger partial charge on any atom is 0.247 e. The van der Waals surface area contributed by atoms with Gasteiger partial charge < -0.3 is 20.1 Å². The lowest BCUT2D eigenvalue weighted by Crippen LogP contribution is -2.47. The molecule has 2 aromatic heterocycles. The minimum atomic E-state index is -0.763. The predicted octanol–water partition coefficient (Wildman–Crippen LogP) is 5.39. The van der Waals surface area contributed by atoms with E-state index in [0.717, 1.165) is 59.0 Å². The van der Waals surface area contributed by atoms with Crippen LogP contribution in [0.15, 0.2) is 79.3 Å². The Hall–Kier alpha value is -4.13. The molecule has 0 spiro atoms. The van der Waals surface area contributed by atoms with E-state index in [2.05, 4.69) is 15.3 Å². The fourth-order valence-electron chi connectivity index (χ4n) is 5.51. The van der Waals surface area contributed by atoms with Gasteiger partial charge in [-0.2, -0.15) is 0 Å². The topological polar surface area (TPSA) is 81.3 Å². The second-order valence-electron chi connectivity index (χ2n) is 10.7. The summed E-state index contributed by atoms with van der Waals surface area (Å²) in [5.74, 6) is -0.236. The van der Waals surface area contributed by atoms with Crippen LogP contribution in [0.1, 0.15) is 54.8 Å². The summed E-state index contributed by atoms with van der Waals surface area (Å²) in [5.41, 5.74) is 4.62. The number of aromatic nitrogens is 2. The van der Waals surface area contributed by atoms with Crippen LogP contribution < -0.4 is 10.2 Å². The molecule has 1 saturated carbocycles. The lowest BCUT2D eigenvalue weighted by molar-refractivity contribution is -0.141. The molecule has 202 valence electrons. The summed E-state index contributed by atoms with van der Waals surface area (Å²) in [5, 5.41) is 4.32. The number of carbonyl (C=O) groups excluding carboxylic acids is 2. The fourth-order valence-corrected chi connectivity index (χ4v) is 5.51. The number of nitrogens with one attached hydrogen (secondary N) is 2. The lowest BCUT2D eigenvalue weighted by Gasteiger charge is -2.33. The summed E-state index contributed by atoms with van der Waals surface area (Å²) < 4.78 is 0. The second-order valence-corrected chi connectivity index (χ2v) is 10.7. The van der Waals surface area contributed by atoms with E-state index >= 15 is 0 Å². The molecule has 39 heavy (non-hydrogen) atoms. The van der Waals surface area contributed by atoms with E-state index in [4.69, 9.17) is 0 Å². The van der Waals surface area contributed by atoms with Gasteiger partial charge in [-0.15, -0.1) is 0 Å². The van der Waals surface area contributed by atoms with Gasteiger partial charge in [0.1, 0.15) is 6.04 Å². The summed E-state index contributed by atoms with van der Waals surface area (Å²) in [6, 6.07) is 19.1. The van der Waals surface area contributed by atoms with Crippen LogP contribution in [0.25, 0.3) is 10.9 Å². The number of benzene rings is 2. The lowest BCUT2D eigenvalue weighted by atomic mass is 9.94. The van der Waals surface area contributed by atoms with Gasteiger partial charge >= 0.3 is 0 Å². The van der Waals surface area contributed by atoms with Crippen molar-refractivity contribution in [3.8, 4) is 0 Å². The van der Waals surface area contributed by atoms with Crippen molar-refractivity contribution in [1.29, 1.82) is 0 Å². The Morgan fingerprint density at radius 2 is 1.77 bits per heavy atom. The first-order valence-corrected chi connectivity index (χ1v) is 13.8.